The number of phenols is 1. The molecule has 0 spiro atoms. The quantitative estimate of drug-likeness (QED) is 0.313. The molecule has 0 amide bonds. The molecule has 6 heteroatoms. The maximum atomic E-state index is 9.68. The second-order valence-corrected chi connectivity index (χ2v) is 7.38. The predicted octanol–water partition coefficient (Wildman–Crippen LogP) is 4.89. The molecule has 2 aromatic rings. The van der Waals surface area contributed by atoms with E-state index in [0.29, 0.717) is 11.5 Å². The smallest absolute Gasteiger partial charge is 0.181 e. The highest BCUT2D eigenvalue weighted by Crippen LogP contribution is 2.31. The molecule has 0 saturated carbocycles. The molecule has 0 aliphatic heterocycles. The zero-order chi connectivity index (χ0) is 14.0. The Kier molecular flexibility index (Phi) is 5.40. The molecule has 0 saturated heterocycles. The Hall–Kier alpha value is 0.0300. The molecule has 2 aromatic carbocycles. The average molecular weight is 594 g/mol. The lowest BCUT2D eigenvalue weighted by Crippen LogP contribution is -2.02. The number of aryl methyl sites for hydroxylation is 1. The summed E-state index contributed by atoms with van der Waals surface area (Å²) in [5.41, 5.74) is 1.01. The van der Waals surface area contributed by atoms with E-state index in [2.05, 4.69) is 22.6 Å². The van der Waals surface area contributed by atoms with E-state index in [4.69, 9.17) is 9.78 Å². The Balaban J connectivity index is 2.14. The molecule has 0 aliphatic carbocycles. The number of phenolic OH excluding ortho intramolecular Hbond substituents is 1. The van der Waals surface area contributed by atoms with Crippen molar-refractivity contribution in [1.82, 2.24) is 0 Å². The lowest BCUT2D eigenvalue weighted by molar-refractivity contribution is -0.101. The van der Waals surface area contributed by atoms with Crippen molar-refractivity contribution in [2.45, 2.75) is 6.92 Å². The number of hydrogen-bond donors (Lipinski definition) is 1. The van der Waals surface area contributed by atoms with E-state index in [-0.39, 0.29) is 5.75 Å². The molecule has 0 fully saturated rings. The minimum Gasteiger partial charge on any atom is -0.506 e. The molecule has 0 unspecified atom stereocenters. The third-order valence-corrected chi connectivity index (χ3v) is 4.67. The molecule has 0 radical (unpaired) electrons. The van der Waals surface area contributed by atoms with E-state index in [1.807, 2.05) is 70.3 Å². The fourth-order valence-corrected chi connectivity index (χ4v) is 3.75. The molecule has 19 heavy (non-hydrogen) atoms. The van der Waals surface area contributed by atoms with Gasteiger partial charge in [-0.1, -0.05) is 0 Å². The van der Waals surface area contributed by atoms with Crippen molar-refractivity contribution in [2.24, 2.45) is 0 Å². The first-order valence-corrected chi connectivity index (χ1v) is 8.49. The molecule has 0 bridgehead atoms. The second kappa shape index (κ2) is 6.66. The molecule has 1 N–H and O–H groups in total. The first-order chi connectivity index (χ1) is 8.97. The van der Waals surface area contributed by atoms with Crippen LogP contribution in [0.15, 0.2) is 30.3 Å². The lowest BCUT2D eigenvalue weighted by atomic mass is 10.2. The van der Waals surface area contributed by atoms with Crippen LogP contribution in [0.1, 0.15) is 5.56 Å². The molecule has 0 aromatic heterocycles. The number of rotatable bonds is 3. The molecule has 100 valence electrons. The Morgan fingerprint density at radius 1 is 0.947 bits per heavy atom. The summed E-state index contributed by atoms with van der Waals surface area (Å²) in [6, 6.07) is 9.29. The van der Waals surface area contributed by atoms with Gasteiger partial charge in [0.1, 0.15) is 5.75 Å². The monoisotopic (exact) mass is 594 g/mol. The standard InChI is InChI=1S/C13H9I3O3/c1-7-4-8(14)2-3-12(7)19-18-9-5-10(15)13(17)11(16)6-9/h2-6,17H,1H3. The number of hydrogen-bond acceptors (Lipinski definition) is 3. The Labute approximate surface area is 152 Å². The third kappa shape index (κ3) is 4.00. The van der Waals surface area contributed by atoms with Gasteiger partial charge in [-0.2, -0.15) is 0 Å². The Bertz CT molecular complexity index is 591. The molecular formula is C13H9I3O3. The number of benzene rings is 2. The van der Waals surface area contributed by atoms with Gasteiger partial charge < -0.3 is 5.11 Å². The fourth-order valence-electron chi connectivity index (χ4n) is 1.39. The van der Waals surface area contributed by atoms with E-state index in [0.717, 1.165) is 16.3 Å². The maximum absolute atomic E-state index is 9.68. The normalized spacial score (nSPS) is 10.3. The van der Waals surface area contributed by atoms with Gasteiger partial charge in [0, 0.05) is 15.7 Å². The van der Waals surface area contributed by atoms with Gasteiger partial charge in [-0.05, 0) is 98.5 Å². The van der Waals surface area contributed by atoms with Crippen molar-refractivity contribution in [2.75, 3.05) is 0 Å². The first-order valence-electron chi connectivity index (χ1n) is 5.26. The Morgan fingerprint density at radius 3 is 2.16 bits per heavy atom. The summed E-state index contributed by atoms with van der Waals surface area (Å²) in [6.45, 7) is 1.96. The highest BCUT2D eigenvalue weighted by Gasteiger charge is 2.08. The van der Waals surface area contributed by atoms with Gasteiger partial charge in [0.05, 0.1) is 7.14 Å². The molecule has 2 rings (SSSR count). The van der Waals surface area contributed by atoms with Crippen molar-refractivity contribution >= 4 is 67.8 Å². The van der Waals surface area contributed by atoms with Gasteiger partial charge in [-0.25, -0.2) is 0 Å². The predicted molar refractivity (Wildman–Crippen MR) is 98.7 cm³/mol. The molecule has 0 aliphatic rings. The summed E-state index contributed by atoms with van der Waals surface area (Å²) < 4.78 is 2.60. The summed E-state index contributed by atoms with van der Waals surface area (Å²) in [5.74, 6) is 1.50. The maximum Gasteiger partial charge on any atom is 0.181 e. The van der Waals surface area contributed by atoms with Crippen LogP contribution in [0.4, 0.5) is 0 Å². The van der Waals surface area contributed by atoms with Crippen molar-refractivity contribution in [3.05, 3.63) is 46.6 Å². The lowest BCUT2D eigenvalue weighted by Gasteiger charge is -2.09. The zero-order valence-corrected chi connectivity index (χ0v) is 16.3. The van der Waals surface area contributed by atoms with Crippen LogP contribution in [0.3, 0.4) is 0 Å². The average Bonchev–Trinajstić information content (AvgIpc) is 2.34. The highest BCUT2D eigenvalue weighted by atomic mass is 127. The van der Waals surface area contributed by atoms with Crippen LogP contribution in [0.5, 0.6) is 17.2 Å². The molecule has 0 heterocycles. The van der Waals surface area contributed by atoms with Crippen LogP contribution in [0.25, 0.3) is 0 Å². The number of halogens is 3. The van der Waals surface area contributed by atoms with Crippen molar-refractivity contribution < 1.29 is 14.9 Å². The summed E-state index contributed by atoms with van der Waals surface area (Å²) in [5, 5.41) is 9.68. The van der Waals surface area contributed by atoms with Crippen LogP contribution in [-0.4, -0.2) is 5.11 Å². The van der Waals surface area contributed by atoms with Gasteiger partial charge in [-0.15, -0.1) is 0 Å². The third-order valence-electron chi connectivity index (χ3n) is 2.36. The summed E-state index contributed by atoms with van der Waals surface area (Å²) >= 11 is 6.35. The molecule has 0 atom stereocenters. The topological polar surface area (TPSA) is 38.7 Å². The largest absolute Gasteiger partial charge is 0.506 e. The molecule has 3 nitrogen and oxygen atoms in total. The second-order valence-electron chi connectivity index (χ2n) is 3.81. The van der Waals surface area contributed by atoms with Gasteiger partial charge >= 0.3 is 0 Å². The summed E-state index contributed by atoms with van der Waals surface area (Å²) in [4.78, 5) is 10.6. The van der Waals surface area contributed by atoms with Crippen LogP contribution in [-0.2, 0) is 0 Å². The van der Waals surface area contributed by atoms with E-state index < -0.39 is 0 Å². The van der Waals surface area contributed by atoms with E-state index >= 15 is 0 Å². The van der Waals surface area contributed by atoms with E-state index in [9.17, 15) is 5.11 Å². The zero-order valence-electron chi connectivity index (χ0n) is 9.78. The van der Waals surface area contributed by atoms with E-state index in [1.54, 1.807) is 12.1 Å². The fraction of sp³-hybridized carbons (Fsp3) is 0.0769. The van der Waals surface area contributed by atoms with Gasteiger partial charge in [-0.3, -0.25) is 9.78 Å². The van der Waals surface area contributed by atoms with Crippen LogP contribution >= 0.6 is 67.8 Å². The SMILES string of the molecule is Cc1cc(I)ccc1OOc1cc(I)c(O)c(I)c1. The number of aromatic hydroxyl groups is 1. The van der Waals surface area contributed by atoms with Gasteiger partial charge in [0.25, 0.3) is 0 Å². The van der Waals surface area contributed by atoms with Crippen molar-refractivity contribution in [3.8, 4) is 17.2 Å². The first kappa shape index (κ1) is 15.4. The van der Waals surface area contributed by atoms with Crippen molar-refractivity contribution in [3.63, 3.8) is 0 Å². The van der Waals surface area contributed by atoms with Crippen LogP contribution < -0.4 is 9.78 Å². The van der Waals surface area contributed by atoms with Crippen LogP contribution in [0.2, 0.25) is 0 Å². The highest BCUT2D eigenvalue weighted by molar-refractivity contribution is 14.1. The Morgan fingerprint density at radius 2 is 1.58 bits per heavy atom. The van der Waals surface area contributed by atoms with E-state index in [1.165, 1.54) is 0 Å². The summed E-state index contributed by atoms with van der Waals surface area (Å²) in [6.07, 6.45) is 0. The summed E-state index contributed by atoms with van der Waals surface area (Å²) in [7, 11) is 0. The van der Waals surface area contributed by atoms with Crippen LogP contribution in [0, 0.1) is 17.6 Å². The minimum absolute atomic E-state index is 0.263. The minimum atomic E-state index is 0.263. The molecular weight excluding hydrogens is 585 g/mol. The van der Waals surface area contributed by atoms with Gasteiger partial charge in [0.15, 0.2) is 11.5 Å². The van der Waals surface area contributed by atoms with Gasteiger partial charge in [0.2, 0.25) is 0 Å². The van der Waals surface area contributed by atoms with Crippen molar-refractivity contribution in [1.29, 1.82) is 0 Å².